The van der Waals surface area contributed by atoms with Crippen molar-refractivity contribution in [2.75, 3.05) is 26.9 Å². The van der Waals surface area contributed by atoms with E-state index in [1.54, 1.807) is 27.7 Å². The van der Waals surface area contributed by atoms with Crippen molar-refractivity contribution in [3.63, 3.8) is 0 Å². The monoisotopic (exact) mass is 505 g/mol. The number of methoxy groups -OCH3 is 1. The summed E-state index contributed by atoms with van der Waals surface area (Å²) in [7, 11) is 1.19. The molecule has 0 unspecified atom stereocenters. The first kappa shape index (κ1) is 30.9. The third-order valence-electron chi connectivity index (χ3n) is 4.29. The average molecular weight is 506 g/mol. The lowest BCUT2D eigenvalue weighted by molar-refractivity contribution is -0.152. The van der Waals surface area contributed by atoms with E-state index in [1.807, 2.05) is 0 Å². The van der Waals surface area contributed by atoms with Crippen molar-refractivity contribution in [1.82, 2.24) is 0 Å². The van der Waals surface area contributed by atoms with Crippen LogP contribution in [0.1, 0.15) is 39.7 Å². The lowest BCUT2D eigenvalue weighted by atomic mass is 9.88. The van der Waals surface area contributed by atoms with Gasteiger partial charge in [-0.2, -0.15) is 0 Å². The molecule has 34 heavy (non-hydrogen) atoms. The van der Waals surface area contributed by atoms with E-state index in [0.29, 0.717) is 5.56 Å². The molecule has 192 valence electrons. The lowest BCUT2D eigenvalue weighted by Crippen LogP contribution is -2.51. The summed E-state index contributed by atoms with van der Waals surface area (Å²) in [6.45, 7) is 6.62. The van der Waals surface area contributed by atoms with Crippen molar-refractivity contribution in [2.45, 2.75) is 46.1 Å². The Kier molecular flexibility index (Phi) is 13.6. The molecule has 0 aliphatic heterocycles. The van der Waals surface area contributed by atoms with Gasteiger partial charge in [0.1, 0.15) is 5.54 Å². The zero-order valence-electron chi connectivity index (χ0n) is 19.9. The summed E-state index contributed by atoms with van der Waals surface area (Å²) < 4.78 is 29.6. The second-order valence-corrected chi connectivity index (χ2v) is 7.25. The van der Waals surface area contributed by atoms with Gasteiger partial charge in [0, 0.05) is 12.8 Å². The number of carbonyl (C=O) groups excluding carboxylic acids is 4. The molecule has 1 aromatic carbocycles. The first-order chi connectivity index (χ1) is 15.6. The Labute approximate surface area is 204 Å². The predicted octanol–water partition coefficient (Wildman–Crippen LogP) is 3.18. The number of halogens is 1. The van der Waals surface area contributed by atoms with Crippen LogP contribution in [0.5, 0.6) is 11.5 Å². The molecule has 0 fully saturated rings. The van der Waals surface area contributed by atoms with Gasteiger partial charge in [0.15, 0.2) is 11.5 Å². The van der Waals surface area contributed by atoms with Gasteiger partial charge in [0.05, 0.1) is 32.8 Å². The summed E-state index contributed by atoms with van der Waals surface area (Å²) >= 11 is 0. The van der Waals surface area contributed by atoms with E-state index in [1.165, 1.54) is 25.3 Å². The van der Waals surface area contributed by atoms with E-state index in [9.17, 15) is 19.2 Å². The van der Waals surface area contributed by atoms with Crippen LogP contribution in [-0.2, 0) is 35.0 Å². The van der Waals surface area contributed by atoms with Crippen LogP contribution in [-0.4, -0.2) is 56.7 Å². The van der Waals surface area contributed by atoms with Crippen LogP contribution in [0, 0.1) is 5.92 Å². The molecule has 0 spiro atoms. The molecular weight excluding hydrogens is 474 g/mol. The Morgan fingerprint density at radius 1 is 0.941 bits per heavy atom. The summed E-state index contributed by atoms with van der Waals surface area (Å²) in [5.41, 5.74) is 5.21. The molecule has 1 aromatic rings. The number of ether oxygens (including phenoxy) is 6. The maximum atomic E-state index is 12.4. The molecular formula is C22H32ClNO10. The highest BCUT2D eigenvalue weighted by Gasteiger charge is 2.36. The lowest BCUT2D eigenvalue weighted by Gasteiger charge is -2.27. The maximum Gasteiger partial charge on any atom is 0.513 e. The molecule has 0 amide bonds. The van der Waals surface area contributed by atoms with E-state index in [0.717, 1.165) is 0 Å². The fraction of sp³-hybridized carbons (Fsp3) is 0.545. The smallest absolute Gasteiger partial charge is 0.468 e. The topological polar surface area (TPSA) is 150 Å². The second-order valence-electron chi connectivity index (χ2n) is 7.25. The van der Waals surface area contributed by atoms with Crippen molar-refractivity contribution >= 4 is 36.7 Å². The molecule has 0 saturated carbocycles. The second kappa shape index (κ2) is 15.0. The first-order valence-electron chi connectivity index (χ1n) is 10.4. The molecule has 0 aliphatic carbocycles. The number of carbonyl (C=O) groups is 4. The fourth-order valence-electron chi connectivity index (χ4n) is 2.63. The van der Waals surface area contributed by atoms with Gasteiger partial charge >= 0.3 is 24.2 Å². The van der Waals surface area contributed by atoms with Crippen LogP contribution >= 0.6 is 12.4 Å². The summed E-state index contributed by atoms with van der Waals surface area (Å²) in [5.74, 6) is -1.71. The molecule has 1 atom stereocenters. The molecule has 0 radical (unpaired) electrons. The minimum Gasteiger partial charge on any atom is -0.468 e. The van der Waals surface area contributed by atoms with E-state index in [2.05, 4.69) is 0 Å². The largest absolute Gasteiger partial charge is 0.513 e. The van der Waals surface area contributed by atoms with Gasteiger partial charge in [-0.15, -0.1) is 12.4 Å². The van der Waals surface area contributed by atoms with Gasteiger partial charge < -0.3 is 34.2 Å². The number of nitrogens with two attached hydrogens (primary N) is 1. The SMILES string of the molecule is CCOC(=O)Oc1ccc(C[C@](N)(CCOC(=O)C(C)C)C(=O)OC)cc1OC(=O)OCC.Cl. The van der Waals surface area contributed by atoms with Crippen LogP contribution < -0.4 is 15.2 Å². The number of hydrogen-bond acceptors (Lipinski definition) is 11. The minimum atomic E-state index is -1.54. The predicted molar refractivity (Wildman–Crippen MR) is 122 cm³/mol. The van der Waals surface area contributed by atoms with Crippen molar-refractivity contribution in [1.29, 1.82) is 0 Å². The third-order valence-corrected chi connectivity index (χ3v) is 4.29. The number of rotatable bonds is 11. The van der Waals surface area contributed by atoms with Gasteiger partial charge in [-0.3, -0.25) is 9.59 Å². The summed E-state index contributed by atoms with van der Waals surface area (Å²) in [4.78, 5) is 47.6. The van der Waals surface area contributed by atoms with Crippen LogP contribution in [0.2, 0.25) is 0 Å². The third kappa shape index (κ3) is 9.84. The molecule has 0 bridgehead atoms. The minimum absolute atomic E-state index is 0. The molecule has 11 nitrogen and oxygen atoms in total. The normalized spacial score (nSPS) is 12.0. The highest BCUT2D eigenvalue weighted by Crippen LogP contribution is 2.31. The zero-order chi connectivity index (χ0) is 25.0. The van der Waals surface area contributed by atoms with E-state index in [-0.39, 0.29) is 62.5 Å². The summed E-state index contributed by atoms with van der Waals surface area (Å²) in [5, 5.41) is 0. The van der Waals surface area contributed by atoms with Crippen molar-refractivity contribution in [3.8, 4) is 11.5 Å². The zero-order valence-corrected chi connectivity index (χ0v) is 20.7. The Bertz CT molecular complexity index is 845. The first-order valence-corrected chi connectivity index (χ1v) is 10.4. The Morgan fingerprint density at radius 2 is 1.50 bits per heavy atom. The highest BCUT2D eigenvalue weighted by atomic mass is 35.5. The number of benzene rings is 1. The highest BCUT2D eigenvalue weighted by molar-refractivity contribution is 5.85. The van der Waals surface area contributed by atoms with Gasteiger partial charge in [0.25, 0.3) is 0 Å². The van der Waals surface area contributed by atoms with Crippen molar-refractivity contribution in [2.24, 2.45) is 11.7 Å². The fourth-order valence-corrected chi connectivity index (χ4v) is 2.63. The summed E-state index contributed by atoms with van der Waals surface area (Å²) in [6.07, 6.45) is -2.09. The molecule has 1 rings (SSSR count). The molecule has 0 heterocycles. The van der Waals surface area contributed by atoms with Crippen LogP contribution in [0.4, 0.5) is 9.59 Å². The van der Waals surface area contributed by atoms with E-state index in [4.69, 9.17) is 34.2 Å². The van der Waals surface area contributed by atoms with Crippen LogP contribution in [0.15, 0.2) is 18.2 Å². The van der Waals surface area contributed by atoms with Gasteiger partial charge in [-0.05, 0) is 31.5 Å². The molecule has 0 saturated heterocycles. The van der Waals surface area contributed by atoms with E-state index >= 15 is 0 Å². The van der Waals surface area contributed by atoms with Gasteiger partial charge in [-0.25, -0.2) is 9.59 Å². The van der Waals surface area contributed by atoms with Gasteiger partial charge in [0.2, 0.25) is 0 Å². The molecule has 0 aromatic heterocycles. The van der Waals surface area contributed by atoms with Gasteiger partial charge in [-0.1, -0.05) is 19.9 Å². The Morgan fingerprint density at radius 3 is 2.00 bits per heavy atom. The summed E-state index contributed by atoms with van der Waals surface area (Å²) in [6, 6.07) is 4.25. The number of hydrogen-bond donors (Lipinski definition) is 1. The Hall–Kier alpha value is -3.05. The maximum absolute atomic E-state index is 12.4. The van der Waals surface area contributed by atoms with Crippen molar-refractivity contribution < 1.29 is 47.6 Å². The quantitative estimate of drug-likeness (QED) is 0.268. The Balaban J connectivity index is 0.0000109. The van der Waals surface area contributed by atoms with E-state index < -0.39 is 29.8 Å². The molecule has 0 aliphatic rings. The number of esters is 2. The molecule has 2 N–H and O–H groups in total. The van der Waals surface area contributed by atoms with Crippen molar-refractivity contribution in [3.05, 3.63) is 23.8 Å². The average Bonchev–Trinajstić information content (AvgIpc) is 2.75. The van der Waals surface area contributed by atoms with Crippen LogP contribution in [0.3, 0.4) is 0 Å². The standard InChI is InChI=1S/C22H31NO10.ClH/c1-6-29-20(26)32-16-9-8-15(12-17(16)33-21(27)30-7-2)13-22(23,19(25)28-5)10-11-31-18(24)14(3)4;/h8-9,12,14H,6-7,10-11,13,23H2,1-5H3;1H/t22-;/m1./s1. The van der Waals surface area contributed by atoms with Crippen LogP contribution in [0.25, 0.3) is 0 Å². The molecule has 12 heteroatoms.